The number of aryl methyl sites for hydroxylation is 1. The maximum atomic E-state index is 6.03. The average Bonchev–Trinajstić information content (AvgIpc) is 2.38. The molecule has 0 radical (unpaired) electrons. The molecule has 2 aromatic rings. The van der Waals surface area contributed by atoms with Gasteiger partial charge in [0.2, 0.25) is 0 Å². The Morgan fingerprint density at radius 3 is 2.94 bits per heavy atom. The van der Waals surface area contributed by atoms with Crippen LogP contribution in [0.3, 0.4) is 0 Å². The van der Waals surface area contributed by atoms with Crippen molar-refractivity contribution in [3.05, 3.63) is 46.4 Å². The molecule has 0 spiro atoms. The first kappa shape index (κ1) is 10.4. The van der Waals surface area contributed by atoms with Crippen LogP contribution in [0, 0.1) is 0 Å². The summed E-state index contributed by atoms with van der Waals surface area (Å²) in [6.45, 7) is 1.07. The standard InChI is InChI=1S/C15H12BrNO/c16-11-8-10-4-3-7-17-12-5-1-2-6-13(12)18-14(9-11)15(10)17/h1-2,5-6,8-9H,3-4,7H2. The summed E-state index contributed by atoms with van der Waals surface area (Å²) in [5, 5.41) is 0. The van der Waals surface area contributed by atoms with Crippen molar-refractivity contribution in [2.24, 2.45) is 0 Å². The van der Waals surface area contributed by atoms with E-state index in [1.165, 1.54) is 23.4 Å². The van der Waals surface area contributed by atoms with E-state index in [0.717, 1.165) is 28.9 Å². The highest BCUT2D eigenvalue weighted by atomic mass is 79.9. The van der Waals surface area contributed by atoms with Gasteiger partial charge in [0, 0.05) is 11.0 Å². The van der Waals surface area contributed by atoms with Crippen molar-refractivity contribution in [3.63, 3.8) is 0 Å². The van der Waals surface area contributed by atoms with Crippen molar-refractivity contribution in [3.8, 4) is 11.5 Å². The summed E-state index contributed by atoms with van der Waals surface area (Å²) < 4.78 is 7.13. The van der Waals surface area contributed by atoms with E-state index in [-0.39, 0.29) is 0 Å². The minimum Gasteiger partial charge on any atom is -0.453 e. The van der Waals surface area contributed by atoms with E-state index in [4.69, 9.17) is 4.74 Å². The van der Waals surface area contributed by atoms with Gasteiger partial charge >= 0.3 is 0 Å². The van der Waals surface area contributed by atoms with E-state index in [1.54, 1.807) is 0 Å². The zero-order chi connectivity index (χ0) is 12.1. The van der Waals surface area contributed by atoms with Crippen molar-refractivity contribution in [2.75, 3.05) is 11.4 Å². The summed E-state index contributed by atoms with van der Waals surface area (Å²) in [5.41, 5.74) is 3.82. The highest BCUT2D eigenvalue weighted by Crippen LogP contribution is 2.50. The third-order valence-corrected chi connectivity index (χ3v) is 4.05. The lowest BCUT2D eigenvalue weighted by atomic mass is 9.99. The Morgan fingerprint density at radius 2 is 2.00 bits per heavy atom. The van der Waals surface area contributed by atoms with Gasteiger partial charge in [-0.2, -0.15) is 0 Å². The molecular formula is C15H12BrNO. The van der Waals surface area contributed by atoms with Crippen LogP contribution in [0.1, 0.15) is 12.0 Å². The molecule has 4 rings (SSSR count). The number of halogens is 1. The lowest BCUT2D eigenvalue weighted by Crippen LogP contribution is -2.27. The van der Waals surface area contributed by atoms with Gasteiger partial charge in [0.05, 0.1) is 11.4 Å². The summed E-state index contributed by atoms with van der Waals surface area (Å²) in [5.74, 6) is 1.92. The minimum absolute atomic E-state index is 0.955. The second-order valence-corrected chi connectivity index (χ2v) is 5.65. The zero-order valence-electron chi connectivity index (χ0n) is 9.82. The Kier molecular flexibility index (Phi) is 2.18. The Bertz CT molecular complexity index is 638. The molecule has 2 nitrogen and oxygen atoms in total. The summed E-state index contributed by atoms with van der Waals surface area (Å²) in [4.78, 5) is 2.39. The smallest absolute Gasteiger partial charge is 0.152 e. The van der Waals surface area contributed by atoms with E-state index >= 15 is 0 Å². The van der Waals surface area contributed by atoms with Gasteiger partial charge in [-0.3, -0.25) is 0 Å². The van der Waals surface area contributed by atoms with Gasteiger partial charge in [-0.05, 0) is 42.7 Å². The second kappa shape index (κ2) is 3.75. The van der Waals surface area contributed by atoms with Crippen LogP contribution in [-0.2, 0) is 6.42 Å². The number of fused-ring (bicyclic) bond motifs is 2. The van der Waals surface area contributed by atoms with E-state index in [1.807, 2.05) is 12.1 Å². The topological polar surface area (TPSA) is 12.5 Å². The van der Waals surface area contributed by atoms with Gasteiger partial charge in [0.25, 0.3) is 0 Å². The first-order valence-corrected chi connectivity index (χ1v) is 6.99. The number of anilines is 2. The van der Waals surface area contributed by atoms with Crippen LogP contribution < -0.4 is 9.64 Å². The fraction of sp³-hybridized carbons (Fsp3) is 0.200. The lowest BCUT2D eigenvalue weighted by Gasteiger charge is -2.37. The normalized spacial score (nSPS) is 15.7. The van der Waals surface area contributed by atoms with E-state index in [9.17, 15) is 0 Å². The summed E-state index contributed by atoms with van der Waals surface area (Å²) in [6.07, 6.45) is 2.32. The van der Waals surface area contributed by atoms with Crippen LogP contribution in [0.2, 0.25) is 0 Å². The molecule has 0 N–H and O–H groups in total. The minimum atomic E-state index is 0.955. The molecule has 0 aromatic heterocycles. The van der Waals surface area contributed by atoms with Crippen molar-refractivity contribution in [2.45, 2.75) is 12.8 Å². The summed E-state index contributed by atoms with van der Waals surface area (Å²) >= 11 is 3.57. The molecule has 0 fully saturated rings. The van der Waals surface area contributed by atoms with E-state index in [0.29, 0.717) is 0 Å². The van der Waals surface area contributed by atoms with E-state index < -0.39 is 0 Å². The predicted octanol–water partition coefficient (Wildman–Crippen LogP) is 4.64. The maximum Gasteiger partial charge on any atom is 0.152 e. The van der Waals surface area contributed by atoms with Crippen molar-refractivity contribution in [1.82, 2.24) is 0 Å². The first-order chi connectivity index (χ1) is 8.83. The van der Waals surface area contributed by atoms with Gasteiger partial charge in [-0.15, -0.1) is 0 Å². The molecule has 18 heavy (non-hydrogen) atoms. The number of hydrogen-bond acceptors (Lipinski definition) is 2. The number of para-hydroxylation sites is 2. The molecular weight excluding hydrogens is 290 g/mol. The van der Waals surface area contributed by atoms with Crippen LogP contribution >= 0.6 is 15.9 Å². The van der Waals surface area contributed by atoms with Crippen molar-refractivity contribution >= 4 is 27.3 Å². The molecule has 2 aromatic carbocycles. The average molecular weight is 302 g/mol. The molecule has 2 aliphatic heterocycles. The third-order valence-electron chi connectivity index (χ3n) is 3.59. The third kappa shape index (κ3) is 1.40. The Balaban J connectivity index is 1.99. The largest absolute Gasteiger partial charge is 0.453 e. The maximum absolute atomic E-state index is 6.03. The Labute approximate surface area is 114 Å². The number of rotatable bonds is 0. The number of ether oxygens (including phenoxy) is 1. The molecule has 0 amide bonds. The molecule has 0 saturated carbocycles. The molecule has 2 aliphatic rings. The first-order valence-electron chi connectivity index (χ1n) is 6.20. The number of nitrogens with zero attached hydrogens (tertiary/aromatic N) is 1. The van der Waals surface area contributed by atoms with Crippen LogP contribution in [0.4, 0.5) is 11.4 Å². The Morgan fingerprint density at radius 1 is 1.11 bits per heavy atom. The second-order valence-electron chi connectivity index (χ2n) is 4.74. The van der Waals surface area contributed by atoms with Gasteiger partial charge in [-0.1, -0.05) is 28.1 Å². The molecule has 3 heteroatoms. The molecule has 2 heterocycles. The fourth-order valence-electron chi connectivity index (χ4n) is 2.87. The number of hydrogen-bond donors (Lipinski definition) is 0. The molecule has 0 saturated heterocycles. The molecule has 0 bridgehead atoms. The fourth-order valence-corrected chi connectivity index (χ4v) is 3.35. The quantitative estimate of drug-likeness (QED) is 0.703. The molecule has 0 atom stereocenters. The summed E-state index contributed by atoms with van der Waals surface area (Å²) in [6, 6.07) is 12.5. The number of benzene rings is 2. The predicted molar refractivity (Wildman–Crippen MR) is 76.0 cm³/mol. The Hall–Kier alpha value is -1.48. The molecule has 90 valence electrons. The van der Waals surface area contributed by atoms with Crippen LogP contribution in [0.25, 0.3) is 0 Å². The SMILES string of the molecule is Brc1cc2c3c(c1)Oc1ccccc1N3CCC2. The highest BCUT2D eigenvalue weighted by molar-refractivity contribution is 9.10. The van der Waals surface area contributed by atoms with Gasteiger partial charge in [0.15, 0.2) is 11.5 Å². The monoisotopic (exact) mass is 301 g/mol. The van der Waals surface area contributed by atoms with Crippen LogP contribution in [0.15, 0.2) is 40.9 Å². The molecule has 0 aliphatic carbocycles. The zero-order valence-corrected chi connectivity index (χ0v) is 11.4. The van der Waals surface area contributed by atoms with Gasteiger partial charge in [0.1, 0.15) is 0 Å². The van der Waals surface area contributed by atoms with Crippen LogP contribution in [-0.4, -0.2) is 6.54 Å². The van der Waals surface area contributed by atoms with Gasteiger partial charge in [-0.25, -0.2) is 0 Å². The van der Waals surface area contributed by atoms with Crippen molar-refractivity contribution in [1.29, 1.82) is 0 Å². The molecule has 0 unspecified atom stereocenters. The van der Waals surface area contributed by atoms with Crippen LogP contribution in [0.5, 0.6) is 11.5 Å². The van der Waals surface area contributed by atoms with Crippen molar-refractivity contribution < 1.29 is 4.74 Å². The summed E-state index contributed by atoms with van der Waals surface area (Å²) in [7, 11) is 0. The lowest BCUT2D eigenvalue weighted by molar-refractivity contribution is 0.468. The highest BCUT2D eigenvalue weighted by Gasteiger charge is 2.29. The van der Waals surface area contributed by atoms with E-state index in [2.05, 4.69) is 45.1 Å². The van der Waals surface area contributed by atoms with Gasteiger partial charge < -0.3 is 9.64 Å².